The first kappa shape index (κ1) is 15.7. The van der Waals surface area contributed by atoms with Gasteiger partial charge in [-0.1, -0.05) is 69.1 Å². The van der Waals surface area contributed by atoms with Crippen molar-refractivity contribution < 1.29 is 0 Å². The van der Waals surface area contributed by atoms with Gasteiger partial charge in [-0.2, -0.15) is 0 Å². The average Bonchev–Trinajstić information content (AvgIpc) is 2.42. The van der Waals surface area contributed by atoms with E-state index in [4.69, 9.17) is 0 Å². The van der Waals surface area contributed by atoms with Crippen molar-refractivity contribution in [3.8, 4) is 0 Å². The molecule has 2 aromatic carbocycles. The fourth-order valence-electron chi connectivity index (χ4n) is 2.32. The summed E-state index contributed by atoms with van der Waals surface area (Å²) in [6, 6.07) is 15.2. The van der Waals surface area contributed by atoms with Crippen LogP contribution in [0.4, 0.5) is 0 Å². The van der Waals surface area contributed by atoms with E-state index in [1.54, 1.807) is 0 Å². The molecule has 1 N–H and O–H groups in total. The summed E-state index contributed by atoms with van der Waals surface area (Å²) < 4.78 is 2.22. The van der Waals surface area contributed by atoms with Crippen molar-refractivity contribution in [1.29, 1.82) is 0 Å². The van der Waals surface area contributed by atoms with Crippen LogP contribution in [0.2, 0.25) is 0 Å². The van der Waals surface area contributed by atoms with Gasteiger partial charge in [-0.05, 0) is 48.7 Å². The van der Waals surface area contributed by atoms with Crippen LogP contribution in [0.5, 0.6) is 0 Å². The highest BCUT2D eigenvalue weighted by Gasteiger charge is 2.17. The summed E-state index contributed by atoms with van der Waals surface area (Å²) in [5.74, 6) is 0. The highest BCUT2D eigenvalue weighted by atomic mass is 79.9. The highest BCUT2D eigenvalue weighted by Crippen LogP contribution is 2.32. The summed E-state index contributed by atoms with van der Waals surface area (Å²) in [4.78, 5) is 0. The normalized spacial score (nSPS) is 12.4. The Morgan fingerprint density at radius 1 is 1.05 bits per heavy atom. The molecule has 1 unspecified atom stereocenters. The van der Waals surface area contributed by atoms with Crippen molar-refractivity contribution >= 4 is 31.9 Å². The number of hydrogen-bond donors (Lipinski definition) is 1. The Hall–Kier alpha value is -0.640. The van der Waals surface area contributed by atoms with Crippen LogP contribution in [-0.2, 0) is 0 Å². The summed E-state index contributed by atoms with van der Waals surface area (Å²) >= 11 is 7.21. The van der Waals surface area contributed by atoms with Crippen molar-refractivity contribution in [2.24, 2.45) is 0 Å². The molecule has 0 saturated carbocycles. The first-order valence-corrected chi connectivity index (χ1v) is 8.46. The molecular weight excluding hydrogens is 378 g/mol. The highest BCUT2D eigenvalue weighted by molar-refractivity contribution is 9.11. The van der Waals surface area contributed by atoms with Crippen LogP contribution in [-0.4, -0.2) is 6.54 Å². The Morgan fingerprint density at radius 2 is 1.80 bits per heavy atom. The smallest absolute Gasteiger partial charge is 0.0590 e. The monoisotopic (exact) mass is 395 g/mol. The van der Waals surface area contributed by atoms with Gasteiger partial charge >= 0.3 is 0 Å². The van der Waals surface area contributed by atoms with Gasteiger partial charge in [0.2, 0.25) is 0 Å². The van der Waals surface area contributed by atoms with E-state index in [9.17, 15) is 0 Å². The van der Waals surface area contributed by atoms with E-state index in [2.05, 4.69) is 93.5 Å². The Labute approximate surface area is 138 Å². The largest absolute Gasteiger partial charge is 0.306 e. The van der Waals surface area contributed by atoms with Crippen molar-refractivity contribution in [2.75, 3.05) is 6.54 Å². The van der Waals surface area contributed by atoms with Crippen molar-refractivity contribution in [1.82, 2.24) is 5.32 Å². The van der Waals surface area contributed by atoms with Crippen molar-refractivity contribution in [3.63, 3.8) is 0 Å². The van der Waals surface area contributed by atoms with Gasteiger partial charge in [-0.3, -0.25) is 0 Å². The molecule has 20 heavy (non-hydrogen) atoms. The SMILES string of the molecule is CCCNC(c1ccccc1C)c1ccc(Br)cc1Br. The van der Waals surface area contributed by atoms with E-state index in [1.165, 1.54) is 16.7 Å². The maximum absolute atomic E-state index is 3.69. The van der Waals surface area contributed by atoms with Crippen LogP contribution in [0, 0.1) is 6.92 Å². The third kappa shape index (κ3) is 3.72. The molecule has 0 radical (unpaired) electrons. The fraction of sp³-hybridized carbons (Fsp3) is 0.294. The van der Waals surface area contributed by atoms with E-state index in [0.717, 1.165) is 21.9 Å². The average molecular weight is 397 g/mol. The Bertz CT molecular complexity index is 581. The number of halogens is 2. The topological polar surface area (TPSA) is 12.0 Å². The second-order valence-electron chi connectivity index (χ2n) is 4.91. The van der Waals surface area contributed by atoms with Gasteiger partial charge in [0, 0.05) is 8.95 Å². The van der Waals surface area contributed by atoms with Crippen molar-refractivity contribution in [3.05, 3.63) is 68.1 Å². The van der Waals surface area contributed by atoms with Crippen LogP contribution in [0.15, 0.2) is 51.4 Å². The predicted octanol–water partition coefficient (Wildman–Crippen LogP) is 5.61. The molecule has 3 heteroatoms. The second kappa shape index (κ2) is 7.39. The molecule has 2 aromatic rings. The molecule has 1 atom stereocenters. The molecule has 2 rings (SSSR count). The number of aryl methyl sites for hydroxylation is 1. The lowest BCUT2D eigenvalue weighted by atomic mass is 9.95. The maximum atomic E-state index is 3.69. The molecule has 0 fully saturated rings. The standard InChI is InChI=1S/C17H19Br2N/c1-3-10-20-17(14-7-5-4-6-12(14)2)15-9-8-13(18)11-16(15)19/h4-9,11,17,20H,3,10H2,1-2H3. The van der Waals surface area contributed by atoms with Gasteiger partial charge in [-0.25, -0.2) is 0 Å². The first-order valence-electron chi connectivity index (χ1n) is 6.87. The number of benzene rings is 2. The van der Waals surface area contributed by atoms with E-state index < -0.39 is 0 Å². The molecule has 0 aliphatic carbocycles. The summed E-state index contributed by atoms with van der Waals surface area (Å²) in [6.07, 6.45) is 1.12. The molecule has 106 valence electrons. The third-order valence-corrected chi connectivity index (χ3v) is 4.55. The van der Waals surface area contributed by atoms with E-state index >= 15 is 0 Å². The van der Waals surface area contributed by atoms with E-state index in [0.29, 0.717) is 0 Å². The zero-order valence-corrected chi connectivity index (χ0v) is 15.0. The molecular formula is C17H19Br2N. The van der Waals surface area contributed by atoms with Gasteiger partial charge in [0.05, 0.1) is 6.04 Å². The van der Waals surface area contributed by atoms with E-state index in [-0.39, 0.29) is 6.04 Å². The first-order chi connectivity index (χ1) is 9.63. The molecule has 0 heterocycles. The summed E-state index contributed by atoms with van der Waals surface area (Å²) in [6.45, 7) is 5.36. The quantitative estimate of drug-likeness (QED) is 0.692. The summed E-state index contributed by atoms with van der Waals surface area (Å²) in [5, 5.41) is 3.66. The second-order valence-corrected chi connectivity index (χ2v) is 6.68. The van der Waals surface area contributed by atoms with Gasteiger partial charge in [-0.15, -0.1) is 0 Å². The summed E-state index contributed by atoms with van der Waals surface area (Å²) in [7, 11) is 0. The Morgan fingerprint density at radius 3 is 2.45 bits per heavy atom. The number of nitrogens with one attached hydrogen (secondary N) is 1. The molecule has 0 amide bonds. The predicted molar refractivity (Wildman–Crippen MR) is 93.2 cm³/mol. The molecule has 0 spiro atoms. The molecule has 0 aliphatic rings. The lowest BCUT2D eigenvalue weighted by Crippen LogP contribution is -2.24. The minimum Gasteiger partial charge on any atom is -0.306 e. The number of rotatable bonds is 5. The lowest BCUT2D eigenvalue weighted by Gasteiger charge is -2.22. The third-order valence-electron chi connectivity index (χ3n) is 3.37. The van der Waals surface area contributed by atoms with Crippen LogP contribution in [0.3, 0.4) is 0 Å². The van der Waals surface area contributed by atoms with Crippen LogP contribution in [0.1, 0.15) is 36.1 Å². The van der Waals surface area contributed by atoms with E-state index in [1.807, 2.05) is 0 Å². The molecule has 1 nitrogen and oxygen atoms in total. The van der Waals surface area contributed by atoms with Gasteiger partial charge in [0.25, 0.3) is 0 Å². The zero-order chi connectivity index (χ0) is 14.5. The Kier molecular flexibility index (Phi) is 5.82. The maximum Gasteiger partial charge on any atom is 0.0590 e. The van der Waals surface area contributed by atoms with Crippen LogP contribution >= 0.6 is 31.9 Å². The van der Waals surface area contributed by atoms with Crippen LogP contribution < -0.4 is 5.32 Å². The molecule has 0 aromatic heterocycles. The molecule has 0 bridgehead atoms. The lowest BCUT2D eigenvalue weighted by molar-refractivity contribution is 0.594. The summed E-state index contributed by atoms with van der Waals surface area (Å²) in [5.41, 5.74) is 3.93. The van der Waals surface area contributed by atoms with Gasteiger partial charge in [0.15, 0.2) is 0 Å². The molecule has 0 saturated heterocycles. The fourth-order valence-corrected chi connectivity index (χ4v) is 3.60. The van der Waals surface area contributed by atoms with Gasteiger partial charge < -0.3 is 5.32 Å². The Balaban J connectivity index is 2.44. The van der Waals surface area contributed by atoms with Gasteiger partial charge in [0.1, 0.15) is 0 Å². The minimum atomic E-state index is 0.221. The number of hydrogen-bond acceptors (Lipinski definition) is 1. The van der Waals surface area contributed by atoms with Crippen LogP contribution in [0.25, 0.3) is 0 Å². The molecule has 0 aliphatic heterocycles. The zero-order valence-electron chi connectivity index (χ0n) is 11.8. The van der Waals surface area contributed by atoms with Crippen molar-refractivity contribution in [2.45, 2.75) is 26.3 Å². The minimum absolute atomic E-state index is 0.221.